The van der Waals surface area contributed by atoms with Crippen LogP contribution in [-0.4, -0.2) is 11.9 Å². The van der Waals surface area contributed by atoms with E-state index in [4.69, 9.17) is 5.73 Å². The van der Waals surface area contributed by atoms with Gasteiger partial charge in [0.25, 0.3) is 0 Å². The van der Waals surface area contributed by atoms with Crippen LogP contribution >= 0.6 is 11.3 Å². The molecule has 4 nitrogen and oxygen atoms in total. The van der Waals surface area contributed by atoms with Crippen LogP contribution < -0.4 is 11.1 Å². The molecule has 0 bridgehead atoms. The number of hydrogen-bond acceptors (Lipinski definition) is 4. The number of carbonyl (C=O) groups is 1. The van der Waals surface area contributed by atoms with Gasteiger partial charge < -0.3 is 11.1 Å². The average molecular weight is 305 g/mol. The molecule has 1 aromatic heterocycles. The van der Waals surface area contributed by atoms with E-state index in [1.165, 1.54) is 4.88 Å². The molecule has 0 aliphatic heterocycles. The molecule has 1 aromatic rings. The van der Waals surface area contributed by atoms with Crippen molar-refractivity contribution < 1.29 is 4.79 Å². The highest BCUT2D eigenvalue weighted by Crippen LogP contribution is 2.39. The number of thiophene rings is 1. The normalized spacial score (nSPS) is 18.7. The lowest BCUT2D eigenvalue weighted by Gasteiger charge is -2.17. The van der Waals surface area contributed by atoms with Crippen molar-refractivity contribution in [2.75, 3.05) is 5.32 Å². The van der Waals surface area contributed by atoms with E-state index in [1.807, 2.05) is 0 Å². The van der Waals surface area contributed by atoms with E-state index in [0.29, 0.717) is 22.9 Å². The number of rotatable bonds is 5. The molecule has 1 aliphatic carbocycles. The fourth-order valence-electron chi connectivity index (χ4n) is 2.72. The lowest BCUT2D eigenvalue weighted by Crippen LogP contribution is -2.35. The summed E-state index contributed by atoms with van der Waals surface area (Å²) in [6.07, 6.45) is 5.71. The Morgan fingerprint density at radius 2 is 2.38 bits per heavy atom. The summed E-state index contributed by atoms with van der Waals surface area (Å²) in [6.45, 7) is 4.31. The van der Waals surface area contributed by atoms with Crippen molar-refractivity contribution >= 4 is 22.2 Å². The summed E-state index contributed by atoms with van der Waals surface area (Å²) in [7, 11) is 0. The number of hydrogen-bond donors (Lipinski definition) is 2. The standard InChI is InChI=1S/C16H23N3OS/c1-3-4-5-13(18)15(20)19-16-12(9-17)11-7-6-10(2)8-14(11)21-16/h10,13H,3-8,18H2,1-2H3,(H,19,20)/t10?,13-/m0/s1. The molecule has 0 spiro atoms. The number of nitrogens with one attached hydrogen (secondary N) is 1. The van der Waals surface area contributed by atoms with Crippen LogP contribution in [0.4, 0.5) is 5.00 Å². The molecule has 1 heterocycles. The van der Waals surface area contributed by atoms with Crippen molar-refractivity contribution in [3.05, 3.63) is 16.0 Å². The quantitative estimate of drug-likeness (QED) is 0.876. The van der Waals surface area contributed by atoms with Crippen LogP contribution in [0, 0.1) is 17.2 Å². The SMILES string of the molecule is CCCC[C@H](N)C(=O)Nc1sc2c(c1C#N)CCC(C)C2. The number of nitrogens with zero attached hydrogens (tertiary/aromatic N) is 1. The van der Waals surface area contributed by atoms with Gasteiger partial charge in [-0.25, -0.2) is 0 Å². The van der Waals surface area contributed by atoms with Gasteiger partial charge in [-0.05, 0) is 37.2 Å². The number of nitrogens with two attached hydrogens (primary N) is 1. The van der Waals surface area contributed by atoms with Gasteiger partial charge in [-0.2, -0.15) is 5.26 Å². The third-order valence-electron chi connectivity index (χ3n) is 4.07. The first-order chi connectivity index (χ1) is 10.1. The summed E-state index contributed by atoms with van der Waals surface area (Å²) in [4.78, 5) is 13.4. The van der Waals surface area contributed by atoms with Crippen molar-refractivity contribution in [3.63, 3.8) is 0 Å². The minimum atomic E-state index is -0.491. The molecule has 2 rings (SSSR count). The Balaban J connectivity index is 2.14. The largest absolute Gasteiger partial charge is 0.320 e. The van der Waals surface area contributed by atoms with E-state index in [-0.39, 0.29) is 5.91 Å². The minimum absolute atomic E-state index is 0.174. The van der Waals surface area contributed by atoms with E-state index in [0.717, 1.165) is 37.7 Å². The van der Waals surface area contributed by atoms with Crippen molar-refractivity contribution in [1.29, 1.82) is 5.26 Å². The summed E-state index contributed by atoms with van der Waals surface area (Å²) < 4.78 is 0. The first-order valence-electron chi connectivity index (χ1n) is 7.67. The van der Waals surface area contributed by atoms with E-state index in [1.54, 1.807) is 11.3 Å². The van der Waals surface area contributed by atoms with Crippen molar-refractivity contribution in [2.24, 2.45) is 11.7 Å². The van der Waals surface area contributed by atoms with Crippen LogP contribution in [0.15, 0.2) is 0 Å². The number of amides is 1. The van der Waals surface area contributed by atoms with E-state index >= 15 is 0 Å². The van der Waals surface area contributed by atoms with Crippen LogP contribution in [-0.2, 0) is 17.6 Å². The van der Waals surface area contributed by atoms with Gasteiger partial charge in [0, 0.05) is 4.88 Å². The molecule has 5 heteroatoms. The third kappa shape index (κ3) is 3.63. The second-order valence-corrected chi connectivity index (χ2v) is 7.01. The highest BCUT2D eigenvalue weighted by molar-refractivity contribution is 7.16. The number of unbranched alkanes of at least 4 members (excludes halogenated alkanes) is 1. The highest BCUT2D eigenvalue weighted by atomic mass is 32.1. The third-order valence-corrected chi connectivity index (χ3v) is 5.24. The maximum atomic E-state index is 12.1. The van der Waals surface area contributed by atoms with Crippen molar-refractivity contribution in [2.45, 2.75) is 58.4 Å². The van der Waals surface area contributed by atoms with Crippen LogP contribution in [0.2, 0.25) is 0 Å². The zero-order chi connectivity index (χ0) is 15.4. The summed E-state index contributed by atoms with van der Waals surface area (Å²) in [6, 6.07) is 1.77. The van der Waals surface area contributed by atoms with Crippen molar-refractivity contribution in [1.82, 2.24) is 0 Å². The van der Waals surface area contributed by atoms with Gasteiger partial charge in [0.2, 0.25) is 5.91 Å². The second kappa shape index (κ2) is 7.06. The summed E-state index contributed by atoms with van der Waals surface area (Å²) in [5.41, 5.74) is 7.68. The van der Waals surface area contributed by atoms with Gasteiger partial charge in [-0.3, -0.25) is 4.79 Å². The maximum Gasteiger partial charge on any atom is 0.241 e. The fourth-order valence-corrected chi connectivity index (χ4v) is 4.08. The van der Waals surface area contributed by atoms with Gasteiger partial charge in [-0.15, -0.1) is 11.3 Å². The summed E-state index contributed by atoms with van der Waals surface area (Å²) in [5.74, 6) is 0.477. The Hall–Kier alpha value is -1.38. The Labute approximate surface area is 130 Å². The predicted molar refractivity (Wildman–Crippen MR) is 86.4 cm³/mol. The zero-order valence-corrected chi connectivity index (χ0v) is 13.6. The molecule has 1 aliphatic rings. The Morgan fingerprint density at radius 1 is 1.62 bits per heavy atom. The molecule has 21 heavy (non-hydrogen) atoms. The van der Waals surface area contributed by atoms with Gasteiger partial charge in [0.1, 0.15) is 11.1 Å². The monoisotopic (exact) mass is 305 g/mol. The van der Waals surface area contributed by atoms with Crippen LogP contribution in [0.3, 0.4) is 0 Å². The van der Waals surface area contributed by atoms with Gasteiger partial charge in [-0.1, -0.05) is 26.7 Å². The minimum Gasteiger partial charge on any atom is -0.320 e. The van der Waals surface area contributed by atoms with E-state index in [2.05, 4.69) is 25.2 Å². The van der Waals surface area contributed by atoms with Gasteiger partial charge in [0.15, 0.2) is 0 Å². The second-order valence-electron chi connectivity index (χ2n) is 5.91. The molecule has 0 radical (unpaired) electrons. The molecular weight excluding hydrogens is 282 g/mol. The lowest BCUT2D eigenvalue weighted by atomic mass is 9.88. The van der Waals surface area contributed by atoms with E-state index in [9.17, 15) is 10.1 Å². The maximum absolute atomic E-state index is 12.1. The Morgan fingerprint density at radius 3 is 3.05 bits per heavy atom. The van der Waals surface area contributed by atoms with Crippen molar-refractivity contribution in [3.8, 4) is 6.07 Å². The van der Waals surface area contributed by atoms with Gasteiger partial charge >= 0.3 is 0 Å². The topological polar surface area (TPSA) is 78.9 Å². The molecule has 114 valence electrons. The molecule has 0 aromatic carbocycles. The highest BCUT2D eigenvalue weighted by Gasteiger charge is 2.25. The number of anilines is 1. The average Bonchev–Trinajstić information content (AvgIpc) is 2.80. The van der Waals surface area contributed by atoms with Crippen LogP contribution in [0.25, 0.3) is 0 Å². The summed E-state index contributed by atoms with van der Waals surface area (Å²) in [5, 5.41) is 13.0. The predicted octanol–water partition coefficient (Wildman–Crippen LogP) is 3.20. The van der Waals surface area contributed by atoms with E-state index < -0.39 is 6.04 Å². The lowest BCUT2D eigenvalue weighted by molar-refractivity contribution is -0.117. The van der Waals surface area contributed by atoms with Crippen LogP contribution in [0.1, 0.15) is 55.5 Å². The molecular formula is C16H23N3OS. The Kier molecular flexibility index (Phi) is 5.38. The molecule has 1 amide bonds. The molecule has 0 saturated carbocycles. The molecule has 3 N–H and O–H groups in total. The summed E-state index contributed by atoms with van der Waals surface area (Å²) >= 11 is 1.55. The number of fused-ring (bicyclic) bond motifs is 1. The molecule has 0 fully saturated rings. The Bertz CT molecular complexity index is 559. The van der Waals surface area contributed by atoms with Crippen LogP contribution in [0.5, 0.6) is 0 Å². The number of carbonyl (C=O) groups excluding carboxylic acids is 1. The molecule has 1 unspecified atom stereocenters. The molecule has 0 saturated heterocycles. The zero-order valence-electron chi connectivity index (χ0n) is 12.7. The smallest absolute Gasteiger partial charge is 0.241 e. The molecule has 2 atom stereocenters. The van der Waals surface area contributed by atoms with Gasteiger partial charge in [0.05, 0.1) is 11.6 Å². The first-order valence-corrected chi connectivity index (χ1v) is 8.49. The number of nitriles is 1. The fraction of sp³-hybridized carbons (Fsp3) is 0.625. The first kappa shape index (κ1) is 16.0.